The van der Waals surface area contributed by atoms with Crippen molar-refractivity contribution in [1.29, 1.82) is 0 Å². The highest BCUT2D eigenvalue weighted by atomic mass is 79.9. The standard InChI is InChI=1S/C17H18BrN/c18-13-6-14-19-17-10-5-4-9-16(17)12-11-15-7-2-1-3-8-15/h1-5,7-12,16H,6,13-14H2. The monoisotopic (exact) mass is 315 g/mol. The average molecular weight is 316 g/mol. The van der Waals surface area contributed by atoms with Gasteiger partial charge >= 0.3 is 0 Å². The van der Waals surface area contributed by atoms with Crippen molar-refractivity contribution in [1.82, 2.24) is 0 Å². The zero-order valence-electron chi connectivity index (χ0n) is 10.9. The van der Waals surface area contributed by atoms with Crippen LogP contribution in [0.3, 0.4) is 0 Å². The molecule has 19 heavy (non-hydrogen) atoms. The molecule has 0 N–H and O–H groups in total. The topological polar surface area (TPSA) is 12.4 Å². The highest BCUT2D eigenvalue weighted by molar-refractivity contribution is 9.09. The van der Waals surface area contributed by atoms with Gasteiger partial charge in [-0.2, -0.15) is 0 Å². The van der Waals surface area contributed by atoms with Crippen molar-refractivity contribution in [3.63, 3.8) is 0 Å². The highest BCUT2D eigenvalue weighted by Crippen LogP contribution is 2.14. The van der Waals surface area contributed by atoms with E-state index in [9.17, 15) is 0 Å². The van der Waals surface area contributed by atoms with Gasteiger partial charge in [0.1, 0.15) is 0 Å². The molecule has 2 heteroatoms. The molecule has 0 fully saturated rings. The van der Waals surface area contributed by atoms with Gasteiger partial charge in [0.2, 0.25) is 0 Å². The van der Waals surface area contributed by atoms with E-state index in [0.29, 0.717) is 5.92 Å². The van der Waals surface area contributed by atoms with Gasteiger partial charge in [-0.05, 0) is 18.1 Å². The Morgan fingerprint density at radius 3 is 2.79 bits per heavy atom. The SMILES string of the molecule is BrCCCN=C1C=CC=CC1C=Cc1ccccc1. The molecule has 0 radical (unpaired) electrons. The Labute approximate surface area is 123 Å². The molecule has 0 spiro atoms. The molecule has 0 saturated carbocycles. The minimum Gasteiger partial charge on any atom is -0.289 e. The van der Waals surface area contributed by atoms with Gasteiger partial charge in [0.25, 0.3) is 0 Å². The van der Waals surface area contributed by atoms with Gasteiger partial charge in [-0.15, -0.1) is 0 Å². The molecule has 0 aromatic heterocycles. The third kappa shape index (κ3) is 4.64. The van der Waals surface area contributed by atoms with Crippen LogP contribution in [0.4, 0.5) is 0 Å². The van der Waals surface area contributed by atoms with Crippen molar-refractivity contribution in [2.24, 2.45) is 10.9 Å². The second-order valence-corrected chi connectivity index (χ2v) is 5.18. The normalized spacial score (nSPS) is 20.5. The number of rotatable bonds is 5. The Balaban J connectivity index is 2.05. The molecule has 98 valence electrons. The van der Waals surface area contributed by atoms with E-state index in [2.05, 4.69) is 81.6 Å². The van der Waals surface area contributed by atoms with Crippen LogP contribution in [-0.2, 0) is 0 Å². The number of hydrogen-bond acceptors (Lipinski definition) is 1. The largest absolute Gasteiger partial charge is 0.289 e. The van der Waals surface area contributed by atoms with Crippen LogP contribution in [-0.4, -0.2) is 17.6 Å². The quantitative estimate of drug-likeness (QED) is 0.553. The molecule has 1 atom stereocenters. The van der Waals surface area contributed by atoms with Crippen LogP contribution in [0.2, 0.25) is 0 Å². The minimum absolute atomic E-state index is 0.292. The molecule has 2 rings (SSSR count). The number of alkyl halides is 1. The number of hydrogen-bond donors (Lipinski definition) is 0. The molecular weight excluding hydrogens is 298 g/mol. The first-order valence-electron chi connectivity index (χ1n) is 6.58. The summed E-state index contributed by atoms with van der Waals surface area (Å²) in [6.45, 7) is 0.883. The first-order valence-corrected chi connectivity index (χ1v) is 7.71. The van der Waals surface area contributed by atoms with E-state index >= 15 is 0 Å². The lowest BCUT2D eigenvalue weighted by atomic mass is 9.97. The lowest BCUT2D eigenvalue weighted by Gasteiger charge is -2.11. The smallest absolute Gasteiger partial charge is 0.0455 e. The van der Waals surface area contributed by atoms with E-state index in [4.69, 9.17) is 0 Å². The van der Waals surface area contributed by atoms with Crippen LogP contribution >= 0.6 is 15.9 Å². The fourth-order valence-corrected chi connectivity index (χ4v) is 2.17. The maximum Gasteiger partial charge on any atom is 0.0455 e. The Morgan fingerprint density at radius 1 is 1.16 bits per heavy atom. The Morgan fingerprint density at radius 2 is 2.00 bits per heavy atom. The molecule has 1 aromatic rings. The molecular formula is C17H18BrN. The molecule has 0 saturated heterocycles. The van der Waals surface area contributed by atoms with E-state index in [-0.39, 0.29) is 0 Å². The van der Waals surface area contributed by atoms with Crippen molar-refractivity contribution in [3.8, 4) is 0 Å². The fourth-order valence-electron chi connectivity index (χ4n) is 1.92. The van der Waals surface area contributed by atoms with Crippen LogP contribution in [0.25, 0.3) is 6.08 Å². The molecule has 1 aromatic carbocycles. The van der Waals surface area contributed by atoms with E-state index in [0.717, 1.165) is 24.0 Å². The van der Waals surface area contributed by atoms with Crippen molar-refractivity contribution >= 4 is 27.7 Å². The van der Waals surface area contributed by atoms with Crippen molar-refractivity contribution in [2.75, 3.05) is 11.9 Å². The first-order chi connectivity index (χ1) is 9.40. The van der Waals surface area contributed by atoms with Crippen molar-refractivity contribution in [2.45, 2.75) is 6.42 Å². The summed E-state index contributed by atoms with van der Waals surface area (Å²) in [5.41, 5.74) is 2.38. The van der Waals surface area contributed by atoms with Gasteiger partial charge in [0, 0.05) is 23.5 Å². The summed E-state index contributed by atoms with van der Waals surface area (Å²) in [6, 6.07) is 10.4. The average Bonchev–Trinajstić information content (AvgIpc) is 2.48. The molecule has 0 aliphatic heterocycles. The second-order valence-electron chi connectivity index (χ2n) is 4.39. The zero-order valence-corrected chi connectivity index (χ0v) is 12.5. The van der Waals surface area contributed by atoms with Gasteiger partial charge in [-0.1, -0.05) is 76.6 Å². The molecule has 0 bridgehead atoms. The van der Waals surface area contributed by atoms with E-state index < -0.39 is 0 Å². The summed E-state index contributed by atoms with van der Waals surface area (Å²) >= 11 is 3.44. The van der Waals surface area contributed by atoms with Crippen molar-refractivity contribution < 1.29 is 0 Å². The summed E-state index contributed by atoms with van der Waals surface area (Å²) < 4.78 is 0. The molecule has 1 aliphatic rings. The van der Waals surface area contributed by atoms with Gasteiger partial charge in [-0.3, -0.25) is 4.99 Å². The van der Waals surface area contributed by atoms with E-state index in [1.807, 2.05) is 6.07 Å². The Kier molecular flexibility index (Phi) is 5.83. The fraction of sp³-hybridized carbons (Fsp3) is 0.235. The van der Waals surface area contributed by atoms with Crippen LogP contribution < -0.4 is 0 Å². The van der Waals surface area contributed by atoms with Gasteiger partial charge in [-0.25, -0.2) is 0 Å². The van der Waals surface area contributed by atoms with Crippen LogP contribution in [0.15, 0.2) is 65.7 Å². The Hall–Kier alpha value is -1.41. The third-order valence-electron chi connectivity index (χ3n) is 2.92. The van der Waals surface area contributed by atoms with Crippen molar-refractivity contribution in [3.05, 3.63) is 66.3 Å². The zero-order chi connectivity index (χ0) is 13.3. The molecule has 1 aliphatic carbocycles. The maximum absolute atomic E-state index is 4.66. The van der Waals surface area contributed by atoms with Gasteiger partial charge in [0.15, 0.2) is 0 Å². The lowest BCUT2D eigenvalue weighted by Crippen LogP contribution is -2.10. The summed E-state index contributed by atoms with van der Waals surface area (Å²) in [5.74, 6) is 0.292. The number of halogens is 1. The third-order valence-corrected chi connectivity index (χ3v) is 3.48. The van der Waals surface area contributed by atoms with E-state index in [1.165, 1.54) is 5.56 Å². The van der Waals surface area contributed by atoms with E-state index in [1.54, 1.807) is 0 Å². The summed E-state index contributed by atoms with van der Waals surface area (Å²) in [4.78, 5) is 4.66. The maximum atomic E-state index is 4.66. The molecule has 1 nitrogen and oxygen atoms in total. The predicted molar refractivity (Wildman–Crippen MR) is 88.0 cm³/mol. The number of nitrogens with zero attached hydrogens (tertiary/aromatic N) is 1. The summed E-state index contributed by atoms with van der Waals surface area (Å²) in [7, 11) is 0. The van der Waals surface area contributed by atoms with Crippen LogP contribution in [0.1, 0.15) is 12.0 Å². The molecule has 0 heterocycles. The number of aliphatic imine (C=N–C) groups is 1. The molecule has 1 unspecified atom stereocenters. The van der Waals surface area contributed by atoms with Crippen LogP contribution in [0.5, 0.6) is 0 Å². The van der Waals surface area contributed by atoms with Gasteiger partial charge < -0.3 is 0 Å². The lowest BCUT2D eigenvalue weighted by molar-refractivity contribution is 0.935. The predicted octanol–water partition coefficient (Wildman–Crippen LogP) is 4.67. The number of allylic oxidation sites excluding steroid dienone is 5. The molecule has 0 amide bonds. The highest BCUT2D eigenvalue weighted by Gasteiger charge is 2.08. The summed E-state index contributed by atoms with van der Waals surface area (Å²) in [6.07, 6.45) is 13.9. The van der Waals surface area contributed by atoms with Gasteiger partial charge in [0.05, 0.1) is 0 Å². The second kappa shape index (κ2) is 7.90. The Bertz CT molecular complexity index is 497. The first kappa shape index (κ1) is 14.0. The number of benzene rings is 1. The minimum atomic E-state index is 0.292. The van der Waals surface area contributed by atoms with Crippen LogP contribution in [0, 0.1) is 5.92 Å². The summed E-state index contributed by atoms with van der Waals surface area (Å²) in [5, 5.41) is 1.01.